The molecule has 1 fully saturated rings. The first-order chi connectivity index (χ1) is 13.0. The summed E-state index contributed by atoms with van der Waals surface area (Å²) >= 11 is 0. The van der Waals surface area contributed by atoms with E-state index >= 15 is 0 Å². The maximum absolute atomic E-state index is 14.7. The average molecular weight is 378 g/mol. The van der Waals surface area contributed by atoms with Gasteiger partial charge in [-0.05, 0) is 43.4 Å². The second-order valence-electron chi connectivity index (χ2n) is 6.87. The van der Waals surface area contributed by atoms with Gasteiger partial charge in [-0.1, -0.05) is 37.6 Å². The fourth-order valence-corrected chi connectivity index (χ4v) is 3.57. The van der Waals surface area contributed by atoms with E-state index in [1.165, 1.54) is 24.3 Å². The lowest BCUT2D eigenvalue weighted by Crippen LogP contribution is -2.27. The molecule has 1 heterocycles. The third-order valence-electron chi connectivity index (χ3n) is 4.97. The highest BCUT2D eigenvalue weighted by Crippen LogP contribution is 2.34. The fourth-order valence-electron chi connectivity index (χ4n) is 3.57. The van der Waals surface area contributed by atoms with E-state index < -0.39 is 17.5 Å². The number of hydrogen-bond donors (Lipinski definition) is 0. The molecule has 2 aromatic rings. The number of ether oxygens (including phenoxy) is 2. The van der Waals surface area contributed by atoms with Crippen LogP contribution < -0.4 is 0 Å². The monoisotopic (exact) mass is 378 g/mol. The molecule has 0 saturated carbocycles. The first kappa shape index (κ1) is 19.9. The van der Waals surface area contributed by atoms with Crippen LogP contribution in [0.2, 0.25) is 0 Å². The molecule has 3 rings (SSSR count). The van der Waals surface area contributed by atoms with Crippen LogP contribution in [0.15, 0.2) is 30.3 Å². The predicted molar refractivity (Wildman–Crippen MR) is 99.1 cm³/mol. The van der Waals surface area contributed by atoms with E-state index in [9.17, 15) is 13.2 Å². The fraction of sp³-hybridized carbons (Fsp3) is 0.455. The minimum Gasteiger partial charge on any atom is -0.376 e. The number of rotatable bonds is 6. The predicted octanol–water partition coefficient (Wildman–Crippen LogP) is 5.98. The molecule has 2 aromatic carbocycles. The van der Waals surface area contributed by atoms with Crippen molar-refractivity contribution in [1.29, 1.82) is 0 Å². The van der Waals surface area contributed by atoms with Gasteiger partial charge in [-0.25, -0.2) is 13.2 Å². The van der Waals surface area contributed by atoms with E-state index in [4.69, 9.17) is 9.47 Å². The molecule has 0 radical (unpaired) electrons. The van der Waals surface area contributed by atoms with Crippen LogP contribution in [-0.4, -0.2) is 19.3 Å². The number of hydrogen-bond acceptors (Lipinski definition) is 2. The van der Waals surface area contributed by atoms with Gasteiger partial charge in [0.2, 0.25) is 0 Å². The summed E-state index contributed by atoms with van der Waals surface area (Å²) in [5, 5.41) is 0. The van der Waals surface area contributed by atoms with Gasteiger partial charge in [-0.15, -0.1) is 0 Å². The molecule has 27 heavy (non-hydrogen) atoms. The molecule has 2 unspecified atom stereocenters. The summed E-state index contributed by atoms with van der Waals surface area (Å²) in [5.41, 5.74) is 1.02. The molecule has 0 amide bonds. The van der Waals surface area contributed by atoms with Crippen molar-refractivity contribution in [1.82, 2.24) is 0 Å². The molecule has 2 nitrogen and oxygen atoms in total. The summed E-state index contributed by atoms with van der Waals surface area (Å²) in [6.45, 7) is 4.95. The zero-order valence-corrected chi connectivity index (χ0v) is 15.7. The molecule has 0 N–H and O–H groups in total. The Morgan fingerprint density at radius 3 is 2.41 bits per heavy atom. The maximum Gasteiger partial charge on any atom is 0.167 e. The first-order valence-corrected chi connectivity index (χ1v) is 9.55. The Hall–Kier alpha value is -1.85. The molecule has 2 atom stereocenters. The molecule has 0 aliphatic carbocycles. The van der Waals surface area contributed by atoms with E-state index in [-0.39, 0.29) is 23.3 Å². The normalized spacial score (nSPS) is 20.0. The number of benzene rings is 2. The van der Waals surface area contributed by atoms with E-state index in [2.05, 4.69) is 0 Å². The SMILES string of the molecule is CCCc1ccc(-c2ccc(C3CCC(OCC)CO3)cc2F)c(F)c1F. The Balaban J connectivity index is 1.81. The topological polar surface area (TPSA) is 18.5 Å². The second kappa shape index (κ2) is 8.89. The Kier molecular flexibility index (Phi) is 6.55. The van der Waals surface area contributed by atoms with Crippen LogP contribution >= 0.6 is 0 Å². The van der Waals surface area contributed by atoms with Crippen LogP contribution in [0.1, 0.15) is 50.3 Å². The van der Waals surface area contributed by atoms with Gasteiger partial charge in [0.1, 0.15) is 5.82 Å². The smallest absolute Gasteiger partial charge is 0.167 e. The van der Waals surface area contributed by atoms with Gasteiger partial charge in [-0.2, -0.15) is 0 Å². The van der Waals surface area contributed by atoms with Gasteiger partial charge in [-0.3, -0.25) is 0 Å². The summed E-state index contributed by atoms with van der Waals surface area (Å²) in [7, 11) is 0. The van der Waals surface area contributed by atoms with Crippen molar-refractivity contribution < 1.29 is 22.6 Å². The average Bonchev–Trinajstić information content (AvgIpc) is 2.67. The molecule has 0 aromatic heterocycles. The molecule has 0 spiro atoms. The largest absolute Gasteiger partial charge is 0.376 e. The van der Waals surface area contributed by atoms with Crippen molar-refractivity contribution in [2.24, 2.45) is 0 Å². The van der Waals surface area contributed by atoms with Gasteiger partial charge >= 0.3 is 0 Å². The van der Waals surface area contributed by atoms with E-state index in [0.717, 1.165) is 12.8 Å². The Bertz CT molecular complexity index is 783. The first-order valence-electron chi connectivity index (χ1n) is 9.55. The number of halogens is 3. The van der Waals surface area contributed by atoms with Crippen LogP contribution in [0.5, 0.6) is 0 Å². The van der Waals surface area contributed by atoms with Crippen LogP contribution in [0, 0.1) is 17.5 Å². The van der Waals surface area contributed by atoms with Crippen molar-refractivity contribution >= 4 is 0 Å². The lowest BCUT2D eigenvalue weighted by molar-refractivity contribution is -0.0840. The molecule has 5 heteroatoms. The molecule has 0 bridgehead atoms. The van der Waals surface area contributed by atoms with Crippen molar-refractivity contribution in [3.8, 4) is 11.1 Å². The minimum atomic E-state index is -0.999. The summed E-state index contributed by atoms with van der Waals surface area (Å²) in [6, 6.07) is 7.56. The summed E-state index contributed by atoms with van der Waals surface area (Å²) < 4.78 is 54.7. The lowest BCUT2D eigenvalue weighted by Gasteiger charge is -2.29. The highest BCUT2D eigenvalue weighted by Gasteiger charge is 2.24. The van der Waals surface area contributed by atoms with Gasteiger partial charge in [0.25, 0.3) is 0 Å². The standard InChI is InChI=1S/C22H25F3O2/c1-3-5-14-6-10-18(22(25)21(14)24)17-9-7-15(12-19(17)23)20-11-8-16(13-27-20)26-4-2/h6-7,9-10,12,16,20H,3-5,8,11,13H2,1-2H3. The van der Waals surface area contributed by atoms with Crippen LogP contribution in [0.25, 0.3) is 11.1 Å². The van der Waals surface area contributed by atoms with E-state index in [0.29, 0.717) is 37.2 Å². The van der Waals surface area contributed by atoms with Gasteiger partial charge in [0, 0.05) is 17.7 Å². The summed E-state index contributed by atoms with van der Waals surface area (Å²) in [4.78, 5) is 0. The maximum atomic E-state index is 14.7. The Morgan fingerprint density at radius 1 is 1.00 bits per heavy atom. The van der Waals surface area contributed by atoms with Gasteiger partial charge in [0.05, 0.1) is 18.8 Å². The lowest BCUT2D eigenvalue weighted by atomic mass is 9.95. The molecule has 1 aliphatic rings. The Morgan fingerprint density at radius 2 is 1.78 bits per heavy atom. The minimum absolute atomic E-state index is 0.0567. The van der Waals surface area contributed by atoms with E-state index in [1.54, 1.807) is 6.07 Å². The summed E-state index contributed by atoms with van der Waals surface area (Å²) in [6.07, 6.45) is 2.61. The molecular formula is C22H25F3O2. The van der Waals surface area contributed by atoms with Crippen molar-refractivity contribution in [3.63, 3.8) is 0 Å². The quantitative estimate of drug-likeness (QED) is 0.616. The third kappa shape index (κ3) is 4.36. The van der Waals surface area contributed by atoms with Gasteiger partial charge < -0.3 is 9.47 Å². The third-order valence-corrected chi connectivity index (χ3v) is 4.97. The zero-order chi connectivity index (χ0) is 19.4. The van der Waals surface area contributed by atoms with Crippen molar-refractivity contribution in [3.05, 3.63) is 58.9 Å². The Labute approximate surface area is 158 Å². The molecular weight excluding hydrogens is 353 g/mol. The van der Waals surface area contributed by atoms with E-state index in [1.807, 2.05) is 13.8 Å². The molecule has 146 valence electrons. The summed E-state index contributed by atoms with van der Waals surface area (Å²) in [5.74, 6) is -2.47. The highest BCUT2D eigenvalue weighted by atomic mass is 19.2. The van der Waals surface area contributed by atoms with Crippen LogP contribution in [0.4, 0.5) is 13.2 Å². The zero-order valence-electron chi connectivity index (χ0n) is 15.7. The highest BCUT2D eigenvalue weighted by molar-refractivity contribution is 5.66. The van der Waals surface area contributed by atoms with Crippen molar-refractivity contribution in [2.75, 3.05) is 13.2 Å². The molecule has 1 aliphatic heterocycles. The van der Waals surface area contributed by atoms with Crippen molar-refractivity contribution in [2.45, 2.75) is 51.7 Å². The van der Waals surface area contributed by atoms with Crippen LogP contribution in [-0.2, 0) is 15.9 Å². The molecule has 1 saturated heterocycles. The van der Waals surface area contributed by atoms with Crippen LogP contribution in [0.3, 0.4) is 0 Å². The number of aryl methyl sites for hydroxylation is 1. The second-order valence-corrected chi connectivity index (χ2v) is 6.87. The van der Waals surface area contributed by atoms with Gasteiger partial charge in [0.15, 0.2) is 11.6 Å².